The number of hydrogen-bond acceptors (Lipinski definition) is 3. The van der Waals surface area contributed by atoms with Gasteiger partial charge in [0, 0.05) is 34.5 Å². The number of benzene rings is 2. The summed E-state index contributed by atoms with van der Waals surface area (Å²) in [7, 11) is 0. The first kappa shape index (κ1) is 21.9. The molecular formula is C26H25N5O2. The molecule has 0 aliphatic heterocycles. The van der Waals surface area contributed by atoms with Crippen molar-refractivity contribution < 1.29 is 9.59 Å². The van der Waals surface area contributed by atoms with Crippen LogP contribution in [0.2, 0.25) is 0 Å². The van der Waals surface area contributed by atoms with Gasteiger partial charge in [-0.3, -0.25) is 4.79 Å². The molecule has 2 aromatic carbocycles. The van der Waals surface area contributed by atoms with Crippen molar-refractivity contribution in [1.82, 2.24) is 4.57 Å². The Morgan fingerprint density at radius 1 is 0.939 bits per heavy atom. The number of nitrogens with one attached hydrogen (secondary N) is 3. The predicted octanol–water partition coefficient (Wildman–Crippen LogP) is 5.63. The third kappa shape index (κ3) is 5.31. The molecule has 1 aromatic heterocycles. The Labute approximate surface area is 192 Å². The Kier molecular flexibility index (Phi) is 6.27. The number of rotatable bonds is 6. The molecule has 0 atom stereocenters. The van der Waals surface area contributed by atoms with Gasteiger partial charge in [-0.2, -0.15) is 5.26 Å². The highest BCUT2D eigenvalue weighted by Crippen LogP contribution is 2.38. The summed E-state index contributed by atoms with van der Waals surface area (Å²) < 4.78 is 2.28. The minimum Gasteiger partial charge on any atom is -0.346 e. The van der Waals surface area contributed by atoms with Crippen molar-refractivity contribution in [2.45, 2.75) is 32.7 Å². The van der Waals surface area contributed by atoms with E-state index in [0.29, 0.717) is 23.1 Å². The van der Waals surface area contributed by atoms with E-state index in [1.165, 1.54) is 12.8 Å². The number of carbonyl (C=O) groups is 2. The fourth-order valence-electron chi connectivity index (χ4n) is 3.80. The van der Waals surface area contributed by atoms with Crippen LogP contribution >= 0.6 is 0 Å². The lowest BCUT2D eigenvalue weighted by Crippen LogP contribution is -2.19. The highest BCUT2D eigenvalue weighted by atomic mass is 16.2. The van der Waals surface area contributed by atoms with Crippen molar-refractivity contribution in [3.05, 3.63) is 83.2 Å². The van der Waals surface area contributed by atoms with Gasteiger partial charge >= 0.3 is 6.03 Å². The maximum atomic E-state index is 12.7. The van der Waals surface area contributed by atoms with E-state index >= 15 is 0 Å². The summed E-state index contributed by atoms with van der Waals surface area (Å²) in [5.41, 5.74) is 4.92. The lowest BCUT2D eigenvalue weighted by atomic mass is 10.1. The zero-order valence-electron chi connectivity index (χ0n) is 18.6. The largest absolute Gasteiger partial charge is 0.346 e. The van der Waals surface area contributed by atoms with Gasteiger partial charge in [0.2, 0.25) is 0 Å². The second-order valence-corrected chi connectivity index (χ2v) is 8.07. The molecule has 33 heavy (non-hydrogen) atoms. The Morgan fingerprint density at radius 2 is 1.52 bits per heavy atom. The second kappa shape index (κ2) is 9.45. The standard InChI is InChI=1S/C26H25N5O2/c1-17-14-19(18(2)31(17)24-12-13-24)15-20(16-27)25(32)28-22-8-10-23(11-9-22)30-26(33)29-21-6-4-3-5-7-21/h3-11,14-15,24H,12-13H2,1-2H3,(H,28,32)(H2,29,30,33)/b20-15+. The maximum absolute atomic E-state index is 12.7. The van der Waals surface area contributed by atoms with Crippen molar-refractivity contribution in [2.75, 3.05) is 16.0 Å². The lowest BCUT2D eigenvalue weighted by Gasteiger charge is -2.09. The second-order valence-electron chi connectivity index (χ2n) is 8.07. The van der Waals surface area contributed by atoms with E-state index in [9.17, 15) is 14.9 Å². The van der Waals surface area contributed by atoms with Crippen LogP contribution in [0.4, 0.5) is 21.9 Å². The Hall–Kier alpha value is -4.31. The molecule has 0 radical (unpaired) electrons. The molecule has 4 rings (SSSR count). The van der Waals surface area contributed by atoms with Crippen molar-refractivity contribution in [2.24, 2.45) is 0 Å². The first-order chi connectivity index (χ1) is 15.9. The van der Waals surface area contributed by atoms with Crippen LogP contribution in [0.15, 0.2) is 66.2 Å². The number of aromatic nitrogens is 1. The normalized spacial score (nSPS) is 13.2. The number of carbonyl (C=O) groups excluding carboxylic acids is 2. The molecular weight excluding hydrogens is 414 g/mol. The molecule has 3 N–H and O–H groups in total. The van der Waals surface area contributed by atoms with Gasteiger partial charge < -0.3 is 20.5 Å². The number of anilines is 3. The van der Waals surface area contributed by atoms with Crippen LogP contribution in [-0.2, 0) is 4.79 Å². The van der Waals surface area contributed by atoms with Crippen LogP contribution in [0.5, 0.6) is 0 Å². The van der Waals surface area contributed by atoms with Crippen LogP contribution in [0.1, 0.15) is 35.8 Å². The number of para-hydroxylation sites is 1. The fourth-order valence-corrected chi connectivity index (χ4v) is 3.80. The lowest BCUT2D eigenvalue weighted by molar-refractivity contribution is -0.112. The highest BCUT2D eigenvalue weighted by molar-refractivity contribution is 6.10. The Morgan fingerprint density at radius 3 is 2.09 bits per heavy atom. The topological polar surface area (TPSA) is 99.0 Å². The van der Waals surface area contributed by atoms with E-state index in [0.717, 1.165) is 17.0 Å². The average Bonchev–Trinajstić information content (AvgIpc) is 3.59. The van der Waals surface area contributed by atoms with E-state index in [1.807, 2.05) is 44.2 Å². The quantitative estimate of drug-likeness (QED) is 0.343. The molecule has 1 aliphatic carbocycles. The highest BCUT2D eigenvalue weighted by Gasteiger charge is 2.26. The van der Waals surface area contributed by atoms with Gasteiger partial charge in [0.05, 0.1) is 0 Å². The number of urea groups is 1. The summed E-state index contributed by atoms with van der Waals surface area (Å²) in [6, 6.07) is 20.0. The molecule has 0 unspecified atom stereocenters. The number of nitrogens with zero attached hydrogens (tertiary/aromatic N) is 2. The molecule has 0 saturated heterocycles. The molecule has 0 bridgehead atoms. The van der Waals surface area contributed by atoms with Gasteiger partial charge in [-0.15, -0.1) is 0 Å². The molecule has 1 heterocycles. The van der Waals surface area contributed by atoms with Gasteiger partial charge in [0.25, 0.3) is 5.91 Å². The smallest absolute Gasteiger partial charge is 0.323 e. The fraction of sp³-hybridized carbons (Fsp3) is 0.192. The SMILES string of the molecule is Cc1cc(/C=C(\C#N)C(=O)Nc2ccc(NC(=O)Nc3ccccc3)cc2)c(C)n1C1CC1. The Balaban J connectivity index is 1.39. The minimum atomic E-state index is -0.476. The molecule has 1 fully saturated rings. The molecule has 166 valence electrons. The van der Waals surface area contributed by atoms with Crippen LogP contribution in [0.3, 0.4) is 0 Å². The molecule has 1 saturated carbocycles. The van der Waals surface area contributed by atoms with Gasteiger partial charge in [0.1, 0.15) is 11.6 Å². The van der Waals surface area contributed by atoms with Crippen LogP contribution in [-0.4, -0.2) is 16.5 Å². The van der Waals surface area contributed by atoms with Gasteiger partial charge in [-0.1, -0.05) is 18.2 Å². The van der Waals surface area contributed by atoms with Gasteiger partial charge in [-0.05, 0) is 80.8 Å². The molecule has 0 spiro atoms. The first-order valence-electron chi connectivity index (χ1n) is 10.8. The van der Waals surface area contributed by atoms with Crippen molar-refractivity contribution >= 4 is 35.1 Å². The third-order valence-electron chi connectivity index (χ3n) is 5.53. The number of nitriles is 1. The Bertz CT molecular complexity index is 1250. The zero-order chi connectivity index (χ0) is 23.4. The van der Waals surface area contributed by atoms with Crippen LogP contribution in [0, 0.1) is 25.2 Å². The molecule has 7 heteroatoms. The van der Waals surface area contributed by atoms with E-state index in [4.69, 9.17) is 0 Å². The summed E-state index contributed by atoms with van der Waals surface area (Å²) in [6.45, 7) is 4.06. The van der Waals surface area contributed by atoms with Crippen molar-refractivity contribution in [3.8, 4) is 6.07 Å². The first-order valence-corrected chi connectivity index (χ1v) is 10.8. The molecule has 1 aliphatic rings. The zero-order valence-corrected chi connectivity index (χ0v) is 18.6. The third-order valence-corrected chi connectivity index (χ3v) is 5.53. The monoisotopic (exact) mass is 439 g/mol. The average molecular weight is 440 g/mol. The predicted molar refractivity (Wildman–Crippen MR) is 130 cm³/mol. The summed E-state index contributed by atoms with van der Waals surface area (Å²) >= 11 is 0. The van der Waals surface area contributed by atoms with Crippen molar-refractivity contribution in [3.63, 3.8) is 0 Å². The number of amides is 3. The number of aryl methyl sites for hydroxylation is 1. The summed E-state index contributed by atoms with van der Waals surface area (Å²) in [6.07, 6.45) is 3.98. The molecule has 3 amide bonds. The van der Waals surface area contributed by atoms with Gasteiger partial charge in [0.15, 0.2) is 0 Å². The van der Waals surface area contributed by atoms with Crippen LogP contribution in [0.25, 0.3) is 6.08 Å². The van der Waals surface area contributed by atoms with Crippen molar-refractivity contribution in [1.29, 1.82) is 5.26 Å². The minimum absolute atomic E-state index is 0.0375. The van der Waals surface area contributed by atoms with E-state index in [-0.39, 0.29) is 11.6 Å². The maximum Gasteiger partial charge on any atom is 0.323 e. The molecule has 7 nitrogen and oxygen atoms in total. The summed E-state index contributed by atoms with van der Waals surface area (Å²) in [5, 5.41) is 17.8. The van der Waals surface area contributed by atoms with Gasteiger partial charge in [-0.25, -0.2) is 4.79 Å². The van der Waals surface area contributed by atoms with E-state index < -0.39 is 5.91 Å². The van der Waals surface area contributed by atoms with E-state index in [2.05, 4.69) is 20.5 Å². The molecule has 3 aromatic rings. The van der Waals surface area contributed by atoms with E-state index in [1.54, 1.807) is 42.5 Å². The number of hydrogen-bond donors (Lipinski definition) is 3. The summed E-state index contributed by atoms with van der Waals surface area (Å²) in [4.78, 5) is 24.8. The van der Waals surface area contributed by atoms with Crippen LogP contribution < -0.4 is 16.0 Å². The summed E-state index contributed by atoms with van der Waals surface area (Å²) in [5.74, 6) is -0.476.